The average Bonchev–Trinajstić information content (AvgIpc) is 3.41. The van der Waals surface area contributed by atoms with Crippen LogP contribution in [0.2, 0.25) is 0 Å². The van der Waals surface area contributed by atoms with E-state index in [4.69, 9.17) is 4.98 Å². The second kappa shape index (κ2) is 11.7. The summed E-state index contributed by atoms with van der Waals surface area (Å²) >= 11 is 0. The molecule has 0 saturated carbocycles. The zero-order chi connectivity index (χ0) is 27.6. The van der Waals surface area contributed by atoms with Gasteiger partial charge in [0.05, 0.1) is 23.3 Å². The zero-order valence-corrected chi connectivity index (χ0v) is 24.3. The molecule has 0 atom stereocenters. The first kappa shape index (κ1) is 27.7. The number of likely N-dealkylation sites (N-methyl/N-ethyl adjacent to an activating group) is 1. The lowest BCUT2D eigenvalue weighted by atomic mass is 10.1. The molecule has 3 aromatic rings. The third-order valence-corrected chi connectivity index (χ3v) is 9.76. The summed E-state index contributed by atoms with van der Waals surface area (Å²) in [6.07, 6.45) is 7.17. The van der Waals surface area contributed by atoms with E-state index in [1.165, 1.54) is 11.1 Å². The van der Waals surface area contributed by atoms with Crippen LogP contribution in [0.15, 0.2) is 36.8 Å². The Balaban J connectivity index is 1.26. The van der Waals surface area contributed by atoms with E-state index in [1.807, 2.05) is 30.2 Å². The highest BCUT2D eigenvalue weighted by Gasteiger charge is 2.27. The van der Waals surface area contributed by atoms with Crippen LogP contribution >= 0.6 is 0 Å². The summed E-state index contributed by atoms with van der Waals surface area (Å²) in [7, 11) is -0.956. The molecule has 0 aliphatic carbocycles. The topological polar surface area (TPSA) is 99.5 Å². The Bertz CT molecular complexity index is 1390. The van der Waals surface area contributed by atoms with Gasteiger partial charge in [-0.2, -0.15) is 5.10 Å². The predicted octanol–water partition coefficient (Wildman–Crippen LogP) is 2.92. The van der Waals surface area contributed by atoms with Gasteiger partial charge in [0.25, 0.3) is 0 Å². The third-order valence-electron chi connectivity index (χ3n) is 7.88. The molecule has 210 valence electrons. The molecular weight excluding hydrogens is 512 g/mol. The van der Waals surface area contributed by atoms with Crippen molar-refractivity contribution in [2.24, 2.45) is 0 Å². The summed E-state index contributed by atoms with van der Waals surface area (Å²) in [4.78, 5) is 14.2. The van der Waals surface area contributed by atoms with Gasteiger partial charge in [-0.15, -0.1) is 0 Å². The average molecular weight is 553 g/mol. The number of anilines is 1. The van der Waals surface area contributed by atoms with Crippen LogP contribution in [0.25, 0.3) is 16.9 Å². The molecule has 4 heterocycles. The van der Waals surface area contributed by atoms with Crippen molar-refractivity contribution in [2.45, 2.75) is 46.2 Å². The molecule has 0 radical (unpaired) electrons. The van der Waals surface area contributed by atoms with Crippen molar-refractivity contribution in [1.82, 2.24) is 33.9 Å². The molecule has 0 amide bonds. The number of piperazine rings is 1. The first-order valence-electron chi connectivity index (χ1n) is 13.9. The number of aromatic nitrogens is 4. The molecule has 2 aromatic heterocycles. The van der Waals surface area contributed by atoms with Crippen LogP contribution in [-0.4, -0.2) is 100 Å². The van der Waals surface area contributed by atoms with Crippen molar-refractivity contribution in [2.75, 3.05) is 57.4 Å². The predicted molar refractivity (Wildman–Crippen MR) is 155 cm³/mol. The number of piperidine rings is 1. The molecule has 2 saturated heterocycles. The van der Waals surface area contributed by atoms with Gasteiger partial charge in [0.15, 0.2) is 0 Å². The second-order valence-electron chi connectivity index (χ2n) is 10.8. The summed E-state index contributed by atoms with van der Waals surface area (Å²) in [5.74, 6) is 0.702. The maximum Gasteiger partial charge on any atom is 0.223 e. The Hall–Kier alpha value is -2.86. The number of nitrogens with one attached hydrogen (secondary N) is 1. The highest BCUT2D eigenvalue weighted by atomic mass is 32.2. The highest BCUT2D eigenvalue weighted by molar-refractivity contribution is 7.89. The van der Waals surface area contributed by atoms with Crippen molar-refractivity contribution in [3.63, 3.8) is 0 Å². The van der Waals surface area contributed by atoms with Crippen molar-refractivity contribution in [3.05, 3.63) is 53.5 Å². The van der Waals surface area contributed by atoms with E-state index in [9.17, 15) is 8.42 Å². The Morgan fingerprint density at radius 3 is 2.44 bits per heavy atom. The first-order valence-corrected chi connectivity index (χ1v) is 15.5. The van der Waals surface area contributed by atoms with E-state index in [1.54, 1.807) is 11.2 Å². The fraction of sp³-hybridized carbons (Fsp3) is 0.536. The Morgan fingerprint density at radius 1 is 1.00 bits per heavy atom. The Labute approximate surface area is 232 Å². The van der Waals surface area contributed by atoms with Gasteiger partial charge in [0, 0.05) is 69.8 Å². The van der Waals surface area contributed by atoms with Crippen molar-refractivity contribution in [1.29, 1.82) is 0 Å². The molecular formula is C28H40N8O2S. The van der Waals surface area contributed by atoms with Crippen molar-refractivity contribution in [3.8, 4) is 16.9 Å². The van der Waals surface area contributed by atoms with Gasteiger partial charge < -0.3 is 10.2 Å². The van der Waals surface area contributed by atoms with E-state index < -0.39 is 10.0 Å². The summed E-state index contributed by atoms with van der Waals surface area (Å²) in [5, 5.41) is 8.08. The van der Waals surface area contributed by atoms with Gasteiger partial charge in [-0.05, 0) is 63.4 Å². The third kappa shape index (κ3) is 6.49. The lowest BCUT2D eigenvalue weighted by Gasteiger charge is -2.32. The molecule has 10 nitrogen and oxygen atoms in total. The van der Waals surface area contributed by atoms with Crippen LogP contribution in [-0.2, 0) is 16.6 Å². The van der Waals surface area contributed by atoms with Gasteiger partial charge in [-0.3, -0.25) is 4.90 Å². The summed E-state index contributed by atoms with van der Waals surface area (Å²) in [6, 6.07) is 6.77. The summed E-state index contributed by atoms with van der Waals surface area (Å²) in [5.41, 5.74) is 6.32. The number of rotatable bonds is 8. The number of sulfonamides is 1. The van der Waals surface area contributed by atoms with E-state index in [-0.39, 0.29) is 11.8 Å². The molecule has 0 spiro atoms. The summed E-state index contributed by atoms with van der Waals surface area (Å²) < 4.78 is 27.8. The van der Waals surface area contributed by atoms with Gasteiger partial charge in [-0.25, -0.2) is 27.4 Å². The van der Waals surface area contributed by atoms with Gasteiger partial charge in [-0.1, -0.05) is 12.1 Å². The number of aryl methyl sites for hydroxylation is 2. The van der Waals surface area contributed by atoms with E-state index in [0.29, 0.717) is 19.0 Å². The molecule has 0 bridgehead atoms. The largest absolute Gasteiger partial charge is 0.351 e. The number of nitrogens with zero attached hydrogens (tertiary/aromatic N) is 7. The minimum absolute atomic E-state index is 0.138. The molecule has 39 heavy (non-hydrogen) atoms. The first-order chi connectivity index (χ1) is 18.7. The minimum atomic E-state index is -3.14. The van der Waals surface area contributed by atoms with Gasteiger partial charge in [0.2, 0.25) is 16.0 Å². The monoisotopic (exact) mass is 552 g/mol. The highest BCUT2D eigenvalue weighted by Crippen LogP contribution is 2.25. The molecule has 2 aliphatic rings. The fourth-order valence-corrected chi connectivity index (χ4v) is 6.49. The molecule has 2 aliphatic heterocycles. The zero-order valence-electron chi connectivity index (χ0n) is 23.5. The normalized spacial score (nSPS) is 18.5. The van der Waals surface area contributed by atoms with Crippen LogP contribution in [0.4, 0.5) is 5.95 Å². The molecule has 1 aromatic carbocycles. The van der Waals surface area contributed by atoms with Crippen LogP contribution in [0.1, 0.15) is 36.5 Å². The molecule has 1 N–H and O–H groups in total. The van der Waals surface area contributed by atoms with E-state index in [0.717, 1.165) is 68.1 Å². The summed E-state index contributed by atoms with van der Waals surface area (Å²) in [6.45, 7) is 12.3. The molecule has 0 unspecified atom stereocenters. The van der Waals surface area contributed by atoms with Gasteiger partial charge >= 0.3 is 0 Å². The number of benzene rings is 1. The lowest BCUT2D eigenvalue weighted by molar-refractivity contribution is 0.148. The minimum Gasteiger partial charge on any atom is -0.351 e. The molecule has 2 fully saturated rings. The molecule has 5 rings (SSSR count). The van der Waals surface area contributed by atoms with Crippen LogP contribution < -0.4 is 5.32 Å². The van der Waals surface area contributed by atoms with Crippen LogP contribution in [0.3, 0.4) is 0 Å². The van der Waals surface area contributed by atoms with Gasteiger partial charge in [0.1, 0.15) is 0 Å². The SMILES string of the molecule is CCS(=O)(=O)N1CCC(Nc2ncc(C)c(-c3cnn(-c4ccc(CN5CCN(C)CC5)cc4C)c3)n2)CC1. The second-order valence-corrected chi connectivity index (χ2v) is 13.1. The Morgan fingerprint density at radius 2 is 1.74 bits per heavy atom. The van der Waals surface area contributed by atoms with Crippen molar-refractivity contribution < 1.29 is 8.42 Å². The number of hydrogen-bond donors (Lipinski definition) is 1. The number of hydrogen-bond acceptors (Lipinski definition) is 8. The lowest BCUT2D eigenvalue weighted by Crippen LogP contribution is -2.43. The van der Waals surface area contributed by atoms with E-state index in [2.05, 4.69) is 57.4 Å². The maximum atomic E-state index is 12.2. The quantitative estimate of drug-likeness (QED) is 0.456. The smallest absolute Gasteiger partial charge is 0.223 e. The standard InChI is InChI=1S/C28H40N8O2S/c1-5-39(37,38)35-10-8-25(9-11-35)31-28-29-17-22(3)27(32-28)24-18-30-36(20-24)26-7-6-23(16-21(26)2)19-34-14-12-33(4)13-15-34/h6-7,16-18,20,25H,5,8-15,19H2,1-4H3,(H,29,31,32). The molecule has 11 heteroatoms. The van der Waals surface area contributed by atoms with Crippen LogP contribution in [0, 0.1) is 13.8 Å². The Kier molecular flexibility index (Phi) is 8.32. The van der Waals surface area contributed by atoms with Crippen molar-refractivity contribution >= 4 is 16.0 Å². The fourth-order valence-electron chi connectivity index (χ4n) is 5.36. The maximum absolute atomic E-state index is 12.2. The van der Waals surface area contributed by atoms with E-state index >= 15 is 0 Å². The van der Waals surface area contributed by atoms with Crippen LogP contribution in [0.5, 0.6) is 0 Å².